The smallest absolute Gasteiger partial charge is 0.315 e. The van der Waals surface area contributed by atoms with Crippen LogP contribution >= 0.6 is 0 Å². The van der Waals surface area contributed by atoms with Gasteiger partial charge < -0.3 is 20.3 Å². The van der Waals surface area contributed by atoms with Gasteiger partial charge in [-0.05, 0) is 34.6 Å². The van der Waals surface area contributed by atoms with Crippen LogP contribution in [-0.2, 0) is 16.7 Å². The summed E-state index contributed by atoms with van der Waals surface area (Å²) in [7, 11) is 0. The van der Waals surface area contributed by atoms with Crippen LogP contribution in [0.4, 0.5) is 10.5 Å². The van der Waals surface area contributed by atoms with Crippen molar-refractivity contribution in [3.63, 3.8) is 0 Å². The monoisotopic (exact) mass is 379 g/mol. The third-order valence-electron chi connectivity index (χ3n) is 5.87. The average molecular weight is 380 g/mol. The minimum atomic E-state index is -0.116. The Morgan fingerprint density at radius 2 is 1.82 bits per heavy atom. The maximum atomic E-state index is 12.6. The van der Waals surface area contributed by atoms with E-state index < -0.39 is 0 Å². The Hall–Kier alpha value is -2.53. The summed E-state index contributed by atoms with van der Waals surface area (Å²) >= 11 is 0. The molecule has 0 saturated carbocycles. The Labute approximate surface area is 167 Å². The number of urea groups is 1. The first kappa shape index (κ1) is 18.8. The molecule has 0 bridgehead atoms. The number of nitrogens with zero attached hydrogens (tertiary/aromatic N) is 1. The lowest BCUT2D eigenvalue weighted by molar-refractivity contribution is 0.122. The van der Waals surface area contributed by atoms with E-state index in [0.717, 1.165) is 38.3 Å². The van der Waals surface area contributed by atoms with Gasteiger partial charge in [-0.2, -0.15) is 0 Å². The van der Waals surface area contributed by atoms with E-state index in [1.54, 1.807) is 0 Å². The third-order valence-corrected chi connectivity index (χ3v) is 5.87. The van der Waals surface area contributed by atoms with E-state index in [4.69, 9.17) is 4.74 Å². The SMILES string of the molecule is CC1(C)CC(NC(=O)NCc2ccccc2N2CCOCC2)c2ccccc21. The second-order valence-electron chi connectivity index (χ2n) is 8.28. The molecule has 1 aliphatic carbocycles. The van der Waals surface area contributed by atoms with Crippen LogP contribution in [0.3, 0.4) is 0 Å². The summed E-state index contributed by atoms with van der Waals surface area (Å²) in [6.45, 7) is 8.26. The molecule has 5 heteroatoms. The Morgan fingerprint density at radius 1 is 1.11 bits per heavy atom. The summed E-state index contributed by atoms with van der Waals surface area (Å²) in [5, 5.41) is 6.23. The highest BCUT2D eigenvalue weighted by atomic mass is 16.5. The van der Waals surface area contributed by atoms with Crippen molar-refractivity contribution in [2.75, 3.05) is 31.2 Å². The zero-order valence-corrected chi connectivity index (χ0v) is 16.7. The van der Waals surface area contributed by atoms with Crippen LogP contribution in [0.15, 0.2) is 48.5 Å². The molecular formula is C23H29N3O2. The number of carbonyl (C=O) groups is 1. The molecule has 1 saturated heterocycles. The second-order valence-corrected chi connectivity index (χ2v) is 8.28. The highest BCUT2D eigenvalue weighted by molar-refractivity contribution is 5.75. The first-order valence-corrected chi connectivity index (χ1v) is 10.1. The summed E-state index contributed by atoms with van der Waals surface area (Å²) in [5.74, 6) is 0. The number of morpholine rings is 1. The number of rotatable bonds is 4. The topological polar surface area (TPSA) is 53.6 Å². The van der Waals surface area contributed by atoms with E-state index in [-0.39, 0.29) is 17.5 Å². The maximum absolute atomic E-state index is 12.6. The Kier molecular flexibility index (Phi) is 5.27. The van der Waals surface area contributed by atoms with Crippen molar-refractivity contribution in [3.05, 3.63) is 65.2 Å². The molecule has 1 aliphatic heterocycles. The molecule has 28 heavy (non-hydrogen) atoms. The molecule has 2 aliphatic rings. The second kappa shape index (κ2) is 7.84. The molecule has 0 aromatic heterocycles. The predicted octanol–water partition coefficient (Wildman–Crippen LogP) is 3.75. The van der Waals surface area contributed by atoms with Crippen LogP contribution in [0.1, 0.15) is 43.0 Å². The van der Waals surface area contributed by atoms with Crippen molar-refractivity contribution < 1.29 is 9.53 Å². The first-order chi connectivity index (χ1) is 13.5. The van der Waals surface area contributed by atoms with Gasteiger partial charge in [0.1, 0.15) is 0 Å². The third kappa shape index (κ3) is 3.85. The Balaban J connectivity index is 1.40. The van der Waals surface area contributed by atoms with E-state index in [2.05, 4.69) is 59.7 Å². The fourth-order valence-corrected chi connectivity index (χ4v) is 4.43. The van der Waals surface area contributed by atoms with Gasteiger partial charge in [0.05, 0.1) is 19.3 Å². The Bertz CT molecular complexity index is 843. The number of carbonyl (C=O) groups excluding carboxylic acids is 1. The molecule has 1 heterocycles. The molecule has 1 fully saturated rings. The lowest BCUT2D eigenvalue weighted by Gasteiger charge is -2.30. The molecule has 0 radical (unpaired) electrons. The summed E-state index contributed by atoms with van der Waals surface area (Å²) in [4.78, 5) is 15.0. The number of nitrogens with one attached hydrogen (secondary N) is 2. The normalized spacial score (nSPS) is 20.5. The minimum absolute atomic E-state index is 0.0562. The van der Waals surface area contributed by atoms with Crippen molar-refractivity contribution in [2.24, 2.45) is 0 Å². The van der Waals surface area contributed by atoms with Gasteiger partial charge in [0.2, 0.25) is 0 Å². The average Bonchev–Trinajstić information content (AvgIpc) is 2.97. The van der Waals surface area contributed by atoms with E-state index >= 15 is 0 Å². The van der Waals surface area contributed by atoms with E-state index in [1.807, 2.05) is 18.2 Å². The van der Waals surface area contributed by atoms with Crippen LogP contribution in [0.5, 0.6) is 0 Å². The molecule has 2 aromatic carbocycles. The van der Waals surface area contributed by atoms with Gasteiger partial charge in [0.15, 0.2) is 0 Å². The molecule has 2 amide bonds. The lowest BCUT2D eigenvalue weighted by Crippen LogP contribution is -2.39. The summed E-state index contributed by atoms with van der Waals surface area (Å²) in [6, 6.07) is 16.6. The fraction of sp³-hybridized carbons (Fsp3) is 0.435. The van der Waals surface area contributed by atoms with Gasteiger partial charge in [0, 0.05) is 25.3 Å². The quantitative estimate of drug-likeness (QED) is 0.851. The fourth-order valence-electron chi connectivity index (χ4n) is 4.43. The molecule has 2 aromatic rings. The molecular weight excluding hydrogens is 350 g/mol. The van der Waals surface area contributed by atoms with Crippen LogP contribution in [0.25, 0.3) is 0 Å². The number of anilines is 1. The van der Waals surface area contributed by atoms with Crippen LogP contribution in [-0.4, -0.2) is 32.3 Å². The van der Waals surface area contributed by atoms with Gasteiger partial charge in [0.25, 0.3) is 0 Å². The van der Waals surface area contributed by atoms with Gasteiger partial charge in [-0.1, -0.05) is 56.3 Å². The van der Waals surface area contributed by atoms with Crippen molar-refractivity contribution in [1.29, 1.82) is 0 Å². The van der Waals surface area contributed by atoms with E-state index in [9.17, 15) is 4.79 Å². The van der Waals surface area contributed by atoms with Gasteiger partial charge in [-0.15, -0.1) is 0 Å². The van der Waals surface area contributed by atoms with Crippen LogP contribution in [0, 0.1) is 0 Å². The standard InChI is InChI=1S/C23H29N3O2/c1-23(2)15-20(18-8-4-5-9-19(18)23)25-22(27)24-16-17-7-3-6-10-21(17)26-11-13-28-14-12-26/h3-10,20H,11-16H2,1-2H3,(H2,24,25,27). The molecule has 5 nitrogen and oxygen atoms in total. The highest BCUT2D eigenvalue weighted by Gasteiger charge is 2.37. The number of hydrogen-bond donors (Lipinski definition) is 2. The maximum Gasteiger partial charge on any atom is 0.315 e. The van der Waals surface area contributed by atoms with Crippen molar-refractivity contribution in [3.8, 4) is 0 Å². The van der Waals surface area contributed by atoms with Crippen LogP contribution in [0.2, 0.25) is 0 Å². The lowest BCUT2D eigenvalue weighted by atomic mass is 9.86. The molecule has 4 rings (SSSR count). The number of benzene rings is 2. The molecule has 1 atom stereocenters. The van der Waals surface area contributed by atoms with E-state index in [1.165, 1.54) is 16.8 Å². The number of fused-ring (bicyclic) bond motifs is 1. The number of ether oxygens (including phenoxy) is 1. The Morgan fingerprint density at radius 3 is 2.64 bits per heavy atom. The molecule has 2 N–H and O–H groups in total. The zero-order valence-electron chi connectivity index (χ0n) is 16.7. The van der Waals surface area contributed by atoms with Gasteiger partial charge >= 0.3 is 6.03 Å². The molecule has 148 valence electrons. The number of amides is 2. The van der Waals surface area contributed by atoms with Gasteiger partial charge in [-0.25, -0.2) is 4.79 Å². The van der Waals surface area contributed by atoms with Crippen molar-refractivity contribution >= 4 is 11.7 Å². The van der Waals surface area contributed by atoms with Gasteiger partial charge in [-0.3, -0.25) is 0 Å². The highest BCUT2D eigenvalue weighted by Crippen LogP contribution is 2.44. The minimum Gasteiger partial charge on any atom is -0.378 e. The largest absolute Gasteiger partial charge is 0.378 e. The summed E-state index contributed by atoms with van der Waals surface area (Å²) < 4.78 is 5.46. The summed E-state index contributed by atoms with van der Waals surface area (Å²) in [6.07, 6.45) is 0.921. The molecule has 0 spiro atoms. The summed E-state index contributed by atoms with van der Waals surface area (Å²) in [5.41, 5.74) is 4.96. The molecule has 1 unspecified atom stereocenters. The van der Waals surface area contributed by atoms with Crippen molar-refractivity contribution in [2.45, 2.75) is 38.3 Å². The zero-order chi connectivity index (χ0) is 19.6. The predicted molar refractivity (Wildman–Crippen MR) is 112 cm³/mol. The van der Waals surface area contributed by atoms with Crippen molar-refractivity contribution in [1.82, 2.24) is 10.6 Å². The first-order valence-electron chi connectivity index (χ1n) is 10.1. The number of hydrogen-bond acceptors (Lipinski definition) is 3. The van der Waals surface area contributed by atoms with E-state index in [0.29, 0.717) is 6.54 Å². The number of para-hydroxylation sites is 1. The van der Waals surface area contributed by atoms with Crippen LogP contribution < -0.4 is 15.5 Å².